The molecule has 2 fully saturated rings. The van der Waals surface area contributed by atoms with Crippen LogP contribution in [0.2, 0.25) is 5.02 Å². The van der Waals surface area contributed by atoms with Crippen molar-refractivity contribution in [3.05, 3.63) is 16.9 Å². The second kappa shape index (κ2) is 7.45. The summed E-state index contributed by atoms with van der Waals surface area (Å²) < 4.78 is 0. The summed E-state index contributed by atoms with van der Waals surface area (Å²) in [5.74, 6) is 0.383. The third kappa shape index (κ3) is 3.93. The van der Waals surface area contributed by atoms with Crippen molar-refractivity contribution in [1.82, 2.24) is 20.2 Å². The van der Waals surface area contributed by atoms with Crippen LogP contribution in [0.3, 0.4) is 0 Å². The SMILES string of the molecule is CC(CNC(=O)c1nc(N2CCCC2)ncc1Cl)N1CCCC1. The molecule has 1 aromatic rings. The highest BCUT2D eigenvalue weighted by atomic mass is 35.5. The van der Waals surface area contributed by atoms with Crippen molar-refractivity contribution in [3.63, 3.8) is 0 Å². The number of likely N-dealkylation sites (tertiary alicyclic amines) is 1. The highest BCUT2D eigenvalue weighted by molar-refractivity contribution is 6.33. The van der Waals surface area contributed by atoms with E-state index in [1.807, 2.05) is 0 Å². The van der Waals surface area contributed by atoms with Crippen LogP contribution in [0.1, 0.15) is 43.1 Å². The maximum atomic E-state index is 12.4. The van der Waals surface area contributed by atoms with Crippen LogP contribution in [0.5, 0.6) is 0 Å². The third-order valence-electron chi connectivity index (χ3n) is 4.66. The second-order valence-electron chi connectivity index (χ2n) is 6.36. The van der Waals surface area contributed by atoms with Gasteiger partial charge < -0.3 is 10.2 Å². The fraction of sp³-hybridized carbons (Fsp3) is 0.688. The van der Waals surface area contributed by atoms with Gasteiger partial charge in [0, 0.05) is 25.7 Å². The van der Waals surface area contributed by atoms with Crippen molar-refractivity contribution in [1.29, 1.82) is 0 Å². The topological polar surface area (TPSA) is 61.4 Å². The molecule has 0 aromatic carbocycles. The zero-order valence-electron chi connectivity index (χ0n) is 13.6. The van der Waals surface area contributed by atoms with Crippen LogP contribution in [-0.2, 0) is 0 Å². The lowest BCUT2D eigenvalue weighted by Gasteiger charge is -2.24. The molecule has 1 atom stereocenters. The highest BCUT2D eigenvalue weighted by Gasteiger charge is 2.22. The van der Waals surface area contributed by atoms with Crippen LogP contribution in [0.25, 0.3) is 0 Å². The minimum atomic E-state index is -0.219. The number of anilines is 1. The van der Waals surface area contributed by atoms with E-state index >= 15 is 0 Å². The Morgan fingerprint density at radius 2 is 1.91 bits per heavy atom. The van der Waals surface area contributed by atoms with Crippen molar-refractivity contribution in [2.24, 2.45) is 0 Å². The summed E-state index contributed by atoms with van der Waals surface area (Å²) in [5.41, 5.74) is 0.275. The number of carbonyl (C=O) groups excluding carboxylic acids is 1. The molecule has 1 N–H and O–H groups in total. The summed E-state index contributed by atoms with van der Waals surface area (Å²) in [7, 11) is 0. The average molecular weight is 338 g/mol. The van der Waals surface area contributed by atoms with Gasteiger partial charge in [-0.15, -0.1) is 0 Å². The summed E-state index contributed by atoms with van der Waals surface area (Å²) in [6.07, 6.45) is 6.30. The fourth-order valence-electron chi connectivity index (χ4n) is 3.22. The predicted octanol–water partition coefficient (Wildman–Crippen LogP) is 1.94. The molecule has 1 amide bonds. The minimum absolute atomic E-state index is 0.219. The number of nitrogens with one attached hydrogen (secondary N) is 1. The maximum Gasteiger partial charge on any atom is 0.271 e. The van der Waals surface area contributed by atoms with Gasteiger partial charge in [-0.2, -0.15) is 0 Å². The zero-order valence-corrected chi connectivity index (χ0v) is 14.3. The van der Waals surface area contributed by atoms with Crippen molar-refractivity contribution in [3.8, 4) is 0 Å². The van der Waals surface area contributed by atoms with Gasteiger partial charge >= 0.3 is 0 Å². The fourth-order valence-corrected chi connectivity index (χ4v) is 3.40. The Hall–Kier alpha value is -1.40. The number of amides is 1. The molecule has 0 bridgehead atoms. The molecule has 2 aliphatic rings. The molecule has 0 spiro atoms. The Morgan fingerprint density at radius 3 is 2.61 bits per heavy atom. The zero-order chi connectivity index (χ0) is 16.2. The van der Waals surface area contributed by atoms with Crippen molar-refractivity contribution in [2.75, 3.05) is 37.6 Å². The first-order valence-corrected chi connectivity index (χ1v) is 8.82. The molecule has 7 heteroatoms. The number of hydrogen-bond acceptors (Lipinski definition) is 5. The van der Waals surface area contributed by atoms with E-state index in [2.05, 4.69) is 32.0 Å². The predicted molar refractivity (Wildman–Crippen MR) is 91.1 cm³/mol. The van der Waals surface area contributed by atoms with Gasteiger partial charge in [0.1, 0.15) is 0 Å². The van der Waals surface area contributed by atoms with Crippen LogP contribution in [-0.4, -0.2) is 59.5 Å². The minimum Gasteiger partial charge on any atom is -0.349 e. The smallest absolute Gasteiger partial charge is 0.271 e. The van der Waals surface area contributed by atoms with Gasteiger partial charge in [0.15, 0.2) is 5.69 Å². The van der Waals surface area contributed by atoms with E-state index in [9.17, 15) is 4.79 Å². The second-order valence-corrected chi connectivity index (χ2v) is 6.77. The van der Waals surface area contributed by atoms with Gasteiger partial charge in [-0.05, 0) is 45.7 Å². The van der Waals surface area contributed by atoms with E-state index in [1.165, 1.54) is 19.0 Å². The van der Waals surface area contributed by atoms with Gasteiger partial charge in [0.05, 0.1) is 11.2 Å². The van der Waals surface area contributed by atoms with Gasteiger partial charge in [0.2, 0.25) is 5.95 Å². The third-order valence-corrected chi connectivity index (χ3v) is 4.93. The Kier molecular flexibility index (Phi) is 5.33. The maximum absolute atomic E-state index is 12.4. The summed E-state index contributed by atoms with van der Waals surface area (Å²) in [4.78, 5) is 25.6. The normalized spacial score (nSPS) is 20.0. The van der Waals surface area contributed by atoms with E-state index in [0.717, 1.165) is 39.0 Å². The molecule has 3 rings (SSSR count). The lowest BCUT2D eigenvalue weighted by Crippen LogP contribution is -2.41. The lowest BCUT2D eigenvalue weighted by atomic mass is 10.3. The Balaban J connectivity index is 1.62. The van der Waals surface area contributed by atoms with E-state index in [-0.39, 0.29) is 11.6 Å². The van der Waals surface area contributed by atoms with E-state index in [1.54, 1.807) is 0 Å². The van der Waals surface area contributed by atoms with Crippen LogP contribution in [0, 0.1) is 0 Å². The first-order chi connectivity index (χ1) is 11.1. The number of carbonyl (C=O) groups is 1. The molecule has 2 saturated heterocycles. The molecule has 126 valence electrons. The Morgan fingerprint density at radius 1 is 1.26 bits per heavy atom. The van der Waals surface area contributed by atoms with E-state index < -0.39 is 0 Å². The monoisotopic (exact) mass is 337 g/mol. The summed E-state index contributed by atoms with van der Waals surface area (Å²) in [6.45, 7) is 6.86. The van der Waals surface area contributed by atoms with Gasteiger partial charge in [-0.3, -0.25) is 9.69 Å². The average Bonchev–Trinajstić information content (AvgIpc) is 3.25. The lowest BCUT2D eigenvalue weighted by molar-refractivity contribution is 0.0935. The molecule has 6 nitrogen and oxygen atoms in total. The standard InChI is InChI=1S/C16H24ClN5O/c1-12(21-6-2-3-7-21)10-18-15(23)14-13(17)11-19-16(20-14)22-8-4-5-9-22/h11-12H,2-10H2,1H3,(H,18,23). The van der Waals surface area contributed by atoms with Crippen molar-refractivity contribution in [2.45, 2.75) is 38.6 Å². The van der Waals surface area contributed by atoms with Crippen molar-refractivity contribution >= 4 is 23.5 Å². The number of halogens is 1. The van der Waals surface area contributed by atoms with Gasteiger partial charge in [-0.25, -0.2) is 9.97 Å². The van der Waals surface area contributed by atoms with Crippen LogP contribution in [0.15, 0.2) is 6.20 Å². The summed E-state index contributed by atoms with van der Waals surface area (Å²) in [5, 5.41) is 3.27. The molecular weight excluding hydrogens is 314 g/mol. The van der Waals surface area contributed by atoms with E-state index in [0.29, 0.717) is 23.6 Å². The van der Waals surface area contributed by atoms with Gasteiger partial charge in [0.25, 0.3) is 5.91 Å². The molecular formula is C16H24ClN5O. The quantitative estimate of drug-likeness (QED) is 0.889. The Bertz CT molecular complexity index is 555. The number of nitrogens with zero attached hydrogens (tertiary/aromatic N) is 4. The number of aromatic nitrogens is 2. The van der Waals surface area contributed by atoms with E-state index in [4.69, 9.17) is 11.6 Å². The van der Waals surface area contributed by atoms with Crippen LogP contribution >= 0.6 is 11.6 Å². The molecule has 0 aliphatic carbocycles. The molecule has 3 heterocycles. The molecule has 1 unspecified atom stereocenters. The molecule has 0 saturated carbocycles. The van der Waals surface area contributed by atoms with Crippen LogP contribution in [0.4, 0.5) is 5.95 Å². The largest absolute Gasteiger partial charge is 0.349 e. The molecule has 1 aromatic heterocycles. The number of rotatable bonds is 5. The van der Waals surface area contributed by atoms with Crippen molar-refractivity contribution < 1.29 is 4.79 Å². The van der Waals surface area contributed by atoms with Gasteiger partial charge in [-0.1, -0.05) is 11.6 Å². The first kappa shape index (κ1) is 16.5. The Labute approximate surface area is 142 Å². The molecule has 23 heavy (non-hydrogen) atoms. The first-order valence-electron chi connectivity index (χ1n) is 8.45. The van der Waals surface area contributed by atoms with Crippen LogP contribution < -0.4 is 10.2 Å². The molecule has 0 radical (unpaired) electrons. The highest BCUT2D eigenvalue weighted by Crippen LogP contribution is 2.20. The summed E-state index contributed by atoms with van der Waals surface area (Å²) in [6, 6.07) is 0.333. The number of hydrogen-bond donors (Lipinski definition) is 1. The summed E-state index contributed by atoms with van der Waals surface area (Å²) >= 11 is 6.13. The molecule has 2 aliphatic heterocycles.